The van der Waals surface area contributed by atoms with E-state index in [2.05, 4.69) is 35.9 Å². The number of likely N-dealkylation sites (tertiary alicyclic amines) is 1. The summed E-state index contributed by atoms with van der Waals surface area (Å²) in [5.41, 5.74) is -0.269. The maximum absolute atomic E-state index is 14.9. The first-order valence-electron chi connectivity index (χ1n) is 26.6. The maximum Gasteiger partial charge on any atom is 0.410 e. The van der Waals surface area contributed by atoms with Gasteiger partial charge in [-0.1, -0.05) is 79.0 Å². The fraction of sp³-hybridized carbons (Fsp3) is 0.661. The smallest absolute Gasteiger partial charge is 0.410 e. The van der Waals surface area contributed by atoms with Gasteiger partial charge in [-0.05, 0) is 75.2 Å². The van der Waals surface area contributed by atoms with Gasteiger partial charge in [-0.15, -0.1) is 0 Å². The highest BCUT2D eigenvalue weighted by molar-refractivity contribution is 6.19. The van der Waals surface area contributed by atoms with E-state index in [-0.39, 0.29) is 73.6 Å². The van der Waals surface area contributed by atoms with E-state index < -0.39 is 47.0 Å². The molecule has 5 bridgehead atoms. The number of amides is 2. The Morgan fingerprint density at radius 2 is 1.57 bits per heavy atom. The summed E-state index contributed by atoms with van der Waals surface area (Å²) in [6.45, 7) is 23.4. The van der Waals surface area contributed by atoms with Crippen molar-refractivity contribution in [1.82, 2.24) is 14.7 Å². The predicted octanol–water partition coefficient (Wildman–Crippen LogP) is 7.53. The number of benzene rings is 2. The average molecular weight is 999 g/mol. The number of phenolic OH excluding ortho intramolecular Hbond substituents is 2. The third-order valence-corrected chi connectivity index (χ3v) is 16.0. The van der Waals surface area contributed by atoms with Crippen LogP contribution < -0.4 is 20.8 Å². The predicted molar refractivity (Wildman–Crippen MR) is 278 cm³/mol. The molecule has 396 valence electrons. The molecule has 5 N–H and O–H groups in total. The number of ketones is 1. The molecule has 0 radical (unpaired) electrons. The number of hydrogen-bond donors (Lipinski definition) is 5. The van der Waals surface area contributed by atoms with Crippen molar-refractivity contribution >= 4 is 34.2 Å². The van der Waals surface area contributed by atoms with E-state index in [4.69, 9.17) is 29.3 Å². The molecule has 2 amide bonds. The van der Waals surface area contributed by atoms with E-state index in [1.54, 1.807) is 30.9 Å². The average Bonchev–Trinajstić information content (AvgIpc) is 3.86. The summed E-state index contributed by atoms with van der Waals surface area (Å²) in [5.74, 6) is -3.21. The minimum absolute atomic E-state index is 0.00252. The highest BCUT2D eigenvalue weighted by Crippen LogP contribution is 2.50. The Labute approximate surface area is 425 Å². The van der Waals surface area contributed by atoms with Crippen LogP contribution in [0.5, 0.6) is 17.2 Å². The van der Waals surface area contributed by atoms with Crippen molar-refractivity contribution in [2.45, 2.75) is 144 Å². The number of ether oxygens (including phenoxy) is 3. The third-order valence-electron chi connectivity index (χ3n) is 16.0. The Bertz CT molecular complexity index is 2540. The lowest BCUT2D eigenvalue weighted by Gasteiger charge is -2.39. The molecule has 2 saturated heterocycles. The fourth-order valence-corrected chi connectivity index (χ4v) is 11.8. The Balaban J connectivity index is 0.00000376. The number of carbonyl (C=O) groups is 3. The monoisotopic (exact) mass is 999 g/mol. The van der Waals surface area contributed by atoms with E-state index in [0.717, 1.165) is 52.3 Å². The summed E-state index contributed by atoms with van der Waals surface area (Å²) in [4.78, 5) is 59.9. The lowest BCUT2D eigenvalue weighted by molar-refractivity contribution is -0.112. The molecule has 0 aromatic heterocycles. The van der Waals surface area contributed by atoms with Crippen LogP contribution >= 0.6 is 0 Å². The molecule has 3 fully saturated rings. The van der Waals surface area contributed by atoms with Gasteiger partial charge in [0.25, 0.3) is 11.7 Å². The van der Waals surface area contributed by atoms with E-state index in [1.165, 1.54) is 45.3 Å². The summed E-state index contributed by atoms with van der Waals surface area (Å²) in [5, 5.41) is 46.6. The van der Waals surface area contributed by atoms with Gasteiger partial charge in [0.2, 0.25) is 0 Å². The standard InChI is InChI=1S/C55H78N6O9.CH4O/c1-32(2)30-59-22-20-55(21-23-59)57-43-40-41-47(63)38(8)50-42(40)51(65)54(9,70-50)68-28-14-17-34(4)49(69-53(67)61-26-24-60(25-27-61)31-39-18-11-10-12-19-39)37(7)46(62)36(6)29-33(3)15-13-16-35(5)52(66)56-45(48(41)64)44(43)58-55;1-2/h13-16,28,32-34,36-37,39,46,49,62-64H,10-12,17-27,29-31H2,1-9H3,(H,56,66);2H,1H3/b15-13+,28-14+,35-16-;/t33?,34-,36-,37-,46?,49?,54?;/m1./s1. The first kappa shape index (κ1) is 54.7. The van der Waals surface area contributed by atoms with Crippen molar-refractivity contribution in [3.05, 3.63) is 58.0 Å². The molecule has 6 aliphatic heterocycles. The van der Waals surface area contributed by atoms with Gasteiger partial charge in [0.1, 0.15) is 28.6 Å². The number of hydrogen-bond acceptors (Lipinski definition) is 14. The van der Waals surface area contributed by atoms with Gasteiger partial charge >= 0.3 is 11.9 Å². The number of phenols is 2. The lowest BCUT2D eigenvalue weighted by Crippen LogP contribution is -2.51. The third kappa shape index (κ3) is 11.5. The molecular formula is C56H82N6O10. The number of rotatable bonds is 5. The first-order valence-corrected chi connectivity index (χ1v) is 26.6. The number of piperazine rings is 1. The minimum Gasteiger partial charge on any atom is -0.507 e. The number of aromatic hydroxyl groups is 2. The largest absolute Gasteiger partial charge is 0.507 e. The normalized spacial score (nSPS) is 30.3. The molecule has 1 spiro atoms. The molecule has 1 saturated carbocycles. The summed E-state index contributed by atoms with van der Waals surface area (Å²) in [6, 6.07) is 0. The molecule has 7 aliphatic rings. The molecule has 4 unspecified atom stereocenters. The second-order valence-corrected chi connectivity index (χ2v) is 22.2. The number of anilines is 1. The minimum atomic E-state index is -1.87. The number of allylic oxidation sites excluding steroid dienone is 4. The topological polar surface area (TPSA) is 206 Å². The van der Waals surface area contributed by atoms with Gasteiger partial charge in [0.05, 0.1) is 28.7 Å². The highest BCUT2D eigenvalue weighted by Gasteiger charge is 2.50. The van der Waals surface area contributed by atoms with Crippen molar-refractivity contribution in [1.29, 1.82) is 0 Å². The SMILES string of the molecule is C/C1=C/C=C/C(C)C[C@@H](C)C(O)[C@@H](C)C(OC(=O)N2CCN(CC3CCCCC3)CC2)[C@H](C)C/C=C/OC2(C)Oc3c(C)c(O)c4c(O)c(c5c(c4c3C2=O)=NC2(CCN(CC(C)C)CC2)N=5)NC1=O.CO. The Kier molecular flexibility index (Phi) is 17.5. The molecular weight excluding hydrogens is 917 g/mol. The molecule has 2 aromatic carbocycles. The van der Waals surface area contributed by atoms with Gasteiger partial charge in [0.15, 0.2) is 11.4 Å². The zero-order valence-corrected chi connectivity index (χ0v) is 44.5. The fourth-order valence-electron chi connectivity index (χ4n) is 11.8. The summed E-state index contributed by atoms with van der Waals surface area (Å²) in [6.07, 6.45) is 15.5. The van der Waals surface area contributed by atoms with Crippen LogP contribution in [0.4, 0.5) is 10.5 Å². The maximum atomic E-state index is 14.9. The van der Waals surface area contributed by atoms with E-state index in [9.17, 15) is 29.7 Å². The highest BCUT2D eigenvalue weighted by atomic mass is 16.7. The van der Waals surface area contributed by atoms with Crippen LogP contribution in [-0.4, -0.2) is 136 Å². The second kappa shape index (κ2) is 23.0. The zero-order chi connectivity index (χ0) is 52.2. The first-order chi connectivity index (χ1) is 34.3. The van der Waals surface area contributed by atoms with Gasteiger partial charge in [-0.25, -0.2) is 4.79 Å². The number of fused-ring (bicyclic) bond motifs is 13. The van der Waals surface area contributed by atoms with Gasteiger partial charge in [-0.3, -0.25) is 24.5 Å². The Morgan fingerprint density at radius 3 is 2.24 bits per heavy atom. The molecule has 7 atom stereocenters. The molecule has 9 rings (SSSR count). The Morgan fingerprint density at radius 1 is 0.903 bits per heavy atom. The van der Waals surface area contributed by atoms with Crippen molar-refractivity contribution in [2.75, 3.05) is 64.8 Å². The summed E-state index contributed by atoms with van der Waals surface area (Å²) >= 11 is 0. The van der Waals surface area contributed by atoms with E-state index in [0.29, 0.717) is 50.3 Å². The van der Waals surface area contributed by atoms with Gasteiger partial charge in [-0.2, -0.15) is 0 Å². The number of nitrogens with zero attached hydrogens (tertiary/aromatic N) is 5. The Hall–Kier alpha value is -5.03. The molecule has 16 nitrogen and oxygen atoms in total. The number of aliphatic hydroxyl groups is 2. The number of Topliss-reactive ketones (excluding diaryl/α,β-unsaturated/α-hetero) is 1. The summed E-state index contributed by atoms with van der Waals surface area (Å²) in [7, 11) is 1.00. The van der Waals surface area contributed by atoms with Crippen LogP contribution in [0.1, 0.15) is 129 Å². The van der Waals surface area contributed by atoms with Crippen LogP contribution in [0.3, 0.4) is 0 Å². The molecule has 6 heterocycles. The van der Waals surface area contributed by atoms with Crippen LogP contribution in [0.2, 0.25) is 0 Å². The van der Waals surface area contributed by atoms with E-state index >= 15 is 0 Å². The van der Waals surface area contributed by atoms with Crippen molar-refractivity contribution in [2.24, 2.45) is 45.5 Å². The number of nitrogens with one attached hydrogen (secondary N) is 1. The van der Waals surface area contributed by atoms with Crippen molar-refractivity contribution < 1.29 is 49.0 Å². The van der Waals surface area contributed by atoms with Crippen molar-refractivity contribution in [3.63, 3.8) is 0 Å². The molecule has 72 heavy (non-hydrogen) atoms. The number of aliphatic hydroxyl groups excluding tert-OH is 2. The van der Waals surface area contributed by atoms with Crippen LogP contribution in [0, 0.1) is 42.4 Å². The van der Waals surface area contributed by atoms with Crippen LogP contribution in [-0.2, 0) is 14.3 Å². The molecule has 1 aliphatic carbocycles. The molecule has 16 heteroatoms. The van der Waals surface area contributed by atoms with Crippen molar-refractivity contribution in [3.8, 4) is 17.2 Å². The lowest BCUT2D eigenvalue weighted by atomic mass is 9.80. The van der Waals surface area contributed by atoms with Gasteiger partial charge in [0, 0.05) is 102 Å². The zero-order valence-electron chi connectivity index (χ0n) is 44.5. The number of carbonyl (C=O) groups excluding carboxylic acids is 3. The molecule has 2 aromatic rings. The summed E-state index contributed by atoms with van der Waals surface area (Å²) < 4.78 is 19.0. The number of piperidine rings is 1. The van der Waals surface area contributed by atoms with Crippen LogP contribution in [0.25, 0.3) is 10.8 Å². The van der Waals surface area contributed by atoms with E-state index in [1.807, 2.05) is 32.9 Å². The van der Waals surface area contributed by atoms with Crippen LogP contribution in [0.15, 0.2) is 46.1 Å². The van der Waals surface area contributed by atoms with Gasteiger partial charge < -0.3 is 49.8 Å². The quantitative estimate of drug-likeness (QED) is 0.184. The second-order valence-electron chi connectivity index (χ2n) is 22.2.